The molecule has 28 heavy (non-hydrogen) atoms. The van der Waals surface area contributed by atoms with Crippen LogP contribution in [0.1, 0.15) is 31.9 Å². The molecule has 0 saturated heterocycles. The summed E-state index contributed by atoms with van der Waals surface area (Å²) in [7, 11) is 0. The van der Waals surface area contributed by atoms with Crippen molar-refractivity contribution in [3.05, 3.63) is 83.6 Å². The van der Waals surface area contributed by atoms with E-state index >= 15 is 0 Å². The lowest BCUT2D eigenvalue weighted by Crippen LogP contribution is -2.46. The molecule has 0 aromatic heterocycles. The first-order chi connectivity index (χ1) is 13.4. The zero-order valence-corrected chi connectivity index (χ0v) is 16.6. The molecule has 0 bridgehead atoms. The summed E-state index contributed by atoms with van der Waals surface area (Å²) in [6, 6.07) is 20.0. The molecule has 0 aliphatic carbocycles. The van der Waals surface area contributed by atoms with E-state index < -0.39 is 11.7 Å². The third kappa shape index (κ3) is 6.13. The van der Waals surface area contributed by atoms with Gasteiger partial charge in [0, 0.05) is 12.1 Å². The topological polar surface area (TPSA) is 59.6 Å². The highest BCUT2D eigenvalue weighted by Crippen LogP contribution is 2.18. The molecule has 0 saturated carbocycles. The van der Waals surface area contributed by atoms with E-state index in [0.29, 0.717) is 6.42 Å². The highest BCUT2D eigenvalue weighted by atomic mass is 16.7. The van der Waals surface area contributed by atoms with Crippen molar-refractivity contribution in [2.75, 3.05) is 0 Å². The molecule has 0 spiro atoms. The van der Waals surface area contributed by atoms with Crippen LogP contribution >= 0.6 is 0 Å². The summed E-state index contributed by atoms with van der Waals surface area (Å²) >= 11 is 0. The number of rotatable bonds is 6. The zero-order chi connectivity index (χ0) is 20.0. The second kappa shape index (κ2) is 8.93. The molecule has 5 heteroatoms. The lowest BCUT2D eigenvalue weighted by Gasteiger charge is -2.26. The molecule has 1 heterocycles. The molecular formula is C23H28N2O3. The van der Waals surface area contributed by atoms with Gasteiger partial charge < -0.3 is 10.1 Å². The van der Waals surface area contributed by atoms with E-state index in [2.05, 4.69) is 22.9 Å². The van der Waals surface area contributed by atoms with Crippen LogP contribution in [0.3, 0.4) is 0 Å². The van der Waals surface area contributed by atoms with Crippen molar-refractivity contribution >= 4 is 6.09 Å². The maximum atomic E-state index is 12.4. The van der Waals surface area contributed by atoms with Crippen molar-refractivity contribution in [3.8, 4) is 0 Å². The van der Waals surface area contributed by atoms with Gasteiger partial charge in [-0.15, -0.1) is 0 Å². The largest absolute Gasteiger partial charge is 0.444 e. The maximum Gasteiger partial charge on any atom is 0.407 e. The summed E-state index contributed by atoms with van der Waals surface area (Å²) in [5.41, 5.74) is 5.77. The van der Waals surface area contributed by atoms with E-state index in [1.807, 2.05) is 75.4 Å². The van der Waals surface area contributed by atoms with Gasteiger partial charge in [-0.05, 0) is 44.4 Å². The smallest absolute Gasteiger partial charge is 0.407 e. The van der Waals surface area contributed by atoms with Gasteiger partial charge in [-0.3, -0.25) is 10.3 Å². The number of carbonyl (C=O) groups excluding carboxylic acids is 1. The van der Waals surface area contributed by atoms with E-state index in [4.69, 9.17) is 9.57 Å². The summed E-state index contributed by atoms with van der Waals surface area (Å²) in [6.45, 7) is 5.55. The van der Waals surface area contributed by atoms with Crippen molar-refractivity contribution in [2.24, 2.45) is 0 Å². The van der Waals surface area contributed by atoms with E-state index in [9.17, 15) is 4.79 Å². The Bertz CT molecular complexity index is 798. The Morgan fingerprint density at radius 3 is 2.29 bits per heavy atom. The van der Waals surface area contributed by atoms with Gasteiger partial charge in [0.1, 0.15) is 11.7 Å². The molecule has 1 aliphatic rings. The van der Waals surface area contributed by atoms with Crippen molar-refractivity contribution in [1.82, 2.24) is 10.8 Å². The van der Waals surface area contributed by atoms with Gasteiger partial charge in [0.05, 0.1) is 6.04 Å². The van der Waals surface area contributed by atoms with Crippen LogP contribution in [-0.2, 0) is 22.4 Å². The minimum absolute atomic E-state index is 0.252. The Morgan fingerprint density at radius 2 is 1.68 bits per heavy atom. The van der Waals surface area contributed by atoms with Gasteiger partial charge in [-0.2, -0.15) is 0 Å². The number of hydrogen-bond acceptors (Lipinski definition) is 4. The predicted molar refractivity (Wildman–Crippen MR) is 110 cm³/mol. The summed E-state index contributed by atoms with van der Waals surface area (Å²) in [6.07, 6.45) is 2.70. The summed E-state index contributed by atoms with van der Waals surface area (Å²) in [5, 5.41) is 2.98. The maximum absolute atomic E-state index is 12.4. The van der Waals surface area contributed by atoms with E-state index in [1.165, 1.54) is 5.56 Å². The zero-order valence-electron chi connectivity index (χ0n) is 16.6. The van der Waals surface area contributed by atoms with Crippen LogP contribution in [0.4, 0.5) is 4.79 Å². The quantitative estimate of drug-likeness (QED) is 0.790. The molecule has 2 N–H and O–H groups in total. The van der Waals surface area contributed by atoms with Crippen molar-refractivity contribution in [3.63, 3.8) is 0 Å². The molecule has 1 aliphatic heterocycles. The first-order valence-electron chi connectivity index (χ1n) is 9.59. The fourth-order valence-corrected chi connectivity index (χ4v) is 3.10. The molecule has 148 valence electrons. The lowest BCUT2D eigenvalue weighted by atomic mass is 10.00. The number of amides is 1. The Morgan fingerprint density at radius 1 is 1.07 bits per heavy atom. The monoisotopic (exact) mass is 380 g/mol. The van der Waals surface area contributed by atoms with Crippen LogP contribution in [0, 0.1) is 0 Å². The first-order valence-corrected chi connectivity index (χ1v) is 9.59. The van der Waals surface area contributed by atoms with Gasteiger partial charge >= 0.3 is 6.09 Å². The normalized spacial score (nSPS) is 17.4. The van der Waals surface area contributed by atoms with Crippen LogP contribution in [0.5, 0.6) is 0 Å². The highest BCUT2D eigenvalue weighted by Gasteiger charge is 2.29. The number of carbonyl (C=O) groups is 1. The fraction of sp³-hybridized carbons (Fsp3) is 0.348. The number of alkyl carbamates (subject to hydrolysis) is 1. The van der Waals surface area contributed by atoms with Crippen LogP contribution < -0.4 is 10.8 Å². The van der Waals surface area contributed by atoms with Gasteiger partial charge in [-0.25, -0.2) is 4.79 Å². The fourth-order valence-electron chi connectivity index (χ4n) is 3.10. The van der Waals surface area contributed by atoms with Crippen LogP contribution in [0.2, 0.25) is 0 Å². The standard InChI is InChI=1S/C23H28N2O3/c1-23(2,3)27-22(26)24-20(15-18-12-8-5-9-13-18)21-16-19(25-28-21)14-17-10-6-4-7-11-17/h4-13,16,20-21,25H,14-15H2,1-3H3,(H,24,26)/t20-,21+/m0/s1. The molecule has 2 aromatic rings. The van der Waals surface area contributed by atoms with E-state index in [0.717, 1.165) is 17.7 Å². The highest BCUT2D eigenvalue weighted by molar-refractivity contribution is 5.68. The number of nitrogens with one attached hydrogen (secondary N) is 2. The van der Waals surface area contributed by atoms with E-state index in [-0.39, 0.29) is 12.1 Å². The summed E-state index contributed by atoms with van der Waals surface area (Å²) in [5.74, 6) is 0. The second-order valence-corrected chi connectivity index (χ2v) is 7.98. The van der Waals surface area contributed by atoms with Crippen molar-refractivity contribution in [2.45, 2.75) is 51.4 Å². The van der Waals surface area contributed by atoms with Crippen LogP contribution in [-0.4, -0.2) is 23.8 Å². The minimum Gasteiger partial charge on any atom is -0.444 e. The van der Waals surface area contributed by atoms with Crippen LogP contribution in [0.25, 0.3) is 0 Å². The molecule has 3 rings (SSSR count). The number of hydrogen-bond donors (Lipinski definition) is 2. The molecule has 0 radical (unpaired) electrons. The van der Waals surface area contributed by atoms with Gasteiger partial charge in [-0.1, -0.05) is 60.7 Å². The Kier molecular flexibility index (Phi) is 6.37. The molecule has 2 atom stereocenters. The third-order valence-corrected chi connectivity index (χ3v) is 4.33. The van der Waals surface area contributed by atoms with Crippen molar-refractivity contribution < 1.29 is 14.4 Å². The Labute approximate surface area is 166 Å². The lowest BCUT2D eigenvalue weighted by molar-refractivity contribution is 0.0113. The Balaban J connectivity index is 1.71. The molecular weight excluding hydrogens is 352 g/mol. The molecule has 1 amide bonds. The second-order valence-electron chi connectivity index (χ2n) is 7.98. The summed E-state index contributed by atoms with van der Waals surface area (Å²) < 4.78 is 5.44. The van der Waals surface area contributed by atoms with Crippen LogP contribution in [0.15, 0.2) is 72.4 Å². The summed E-state index contributed by atoms with van der Waals surface area (Å²) in [4.78, 5) is 18.1. The number of allylic oxidation sites excluding steroid dienone is 1. The number of benzene rings is 2. The number of hydroxylamine groups is 1. The average molecular weight is 380 g/mol. The molecule has 5 nitrogen and oxygen atoms in total. The minimum atomic E-state index is -0.551. The predicted octanol–water partition coefficient (Wildman–Crippen LogP) is 4.15. The molecule has 0 fully saturated rings. The van der Waals surface area contributed by atoms with Gasteiger partial charge in [0.2, 0.25) is 0 Å². The van der Waals surface area contributed by atoms with Gasteiger partial charge in [0.15, 0.2) is 0 Å². The van der Waals surface area contributed by atoms with Gasteiger partial charge in [0.25, 0.3) is 0 Å². The SMILES string of the molecule is CC(C)(C)OC(=O)N[C@@H](Cc1ccccc1)[C@H]1C=C(Cc2ccccc2)NO1. The number of ether oxygens (including phenoxy) is 1. The van der Waals surface area contributed by atoms with E-state index in [1.54, 1.807) is 0 Å². The van der Waals surface area contributed by atoms with Crippen molar-refractivity contribution in [1.29, 1.82) is 0 Å². The molecule has 2 aromatic carbocycles. The first kappa shape index (κ1) is 20.0. The average Bonchev–Trinajstić information content (AvgIpc) is 3.10. The third-order valence-electron chi connectivity index (χ3n) is 4.33. The molecule has 0 unspecified atom stereocenters. The Hall–Kier alpha value is -2.79.